The molecule has 2 aromatic heterocycles. The molecule has 0 saturated carbocycles. The number of pyridine rings is 1. The first-order valence-corrected chi connectivity index (χ1v) is 10.7. The Labute approximate surface area is 174 Å². The highest BCUT2D eigenvalue weighted by atomic mass is 32.1. The Hall–Kier alpha value is -2.93. The highest BCUT2D eigenvalue weighted by molar-refractivity contribution is 7.14. The Balaban J connectivity index is 1.62. The number of nitrogens with one attached hydrogen (secondary N) is 1. The number of hydrogen-bond donors (Lipinski definition) is 1. The normalized spacial score (nSPS) is 10.6. The Morgan fingerprint density at radius 1 is 1.14 bits per heavy atom. The first-order chi connectivity index (χ1) is 14.2. The van der Waals surface area contributed by atoms with Crippen LogP contribution in [-0.4, -0.2) is 29.2 Å². The number of anilines is 2. The summed E-state index contributed by atoms with van der Waals surface area (Å²) in [6.07, 6.45) is 6.63. The van der Waals surface area contributed by atoms with Crippen LogP contribution in [0, 0.1) is 0 Å². The summed E-state index contributed by atoms with van der Waals surface area (Å²) in [4.78, 5) is 20.6. The number of carbonyl (C=O) groups excluding carboxylic acids is 1. The van der Waals surface area contributed by atoms with E-state index >= 15 is 0 Å². The average molecular weight is 412 g/mol. The average Bonchev–Trinajstić information content (AvgIpc) is 3.21. The molecular weight excluding hydrogens is 386 g/mol. The molecule has 152 valence electrons. The molecule has 1 aromatic carbocycles. The molecule has 0 aliphatic heterocycles. The molecule has 0 amide bonds. The van der Waals surface area contributed by atoms with Gasteiger partial charge in [-0.3, -0.25) is 4.98 Å². The number of rotatable bonds is 10. The van der Waals surface area contributed by atoms with Crippen LogP contribution in [0.4, 0.5) is 10.8 Å². The van der Waals surface area contributed by atoms with Crippen LogP contribution in [-0.2, 0) is 4.74 Å². The number of aromatic nitrogens is 2. The minimum atomic E-state index is -0.382. The minimum Gasteiger partial charge on any atom is -0.494 e. The van der Waals surface area contributed by atoms with Crippen LogP contribution < -0.4 is 10.1 Å². The number of benzene rings is 1. The van der Waals surface area contributed by atoms with Gasteiger partial charge in [-0.15, -0.1) is 11.3 Å². The lowest BCUT2D eigenvalue weighted by Gasteiger charge is -2.07. The van der Waals surface area contributed by atoms with Gasteiger partial charge in [0.1, 0.15) is 5.75 Å². The van der Waals surface area contributed by atoms with Gasteiger partial charge in [0.25, 0.3) is 0 Å². The van der Waals surface area contributed by atoms with Crippen LogP contribution in [0.2, 0.25) is 0 Å². The monoisotopic (exact) mass is 411 g/mol. The van der Waals surface area contributed by atoms with E-state index in [1.165, 1.54) is 30.4 Å². The second-order valence-corrected chi connectivity index (χ2v) is 7.28. The van der Waals surface area contributed by atoms with Crippen LogP contribution >= 0.6 is 11.3 Å². The zero-order chi connectivity index (χ0) is 20.5. The highest BCUT2D eigenvalue weighted by Gasteiger charge is 2.11. The van der Waals surface area contributed by atoms with Gasteiger partial charge >= 0.3 is 5.97 Å². The van der Waals surface area contributed by atoms with Crippen molar-refractivity contribution in [3.05, 3.63) is 53.7 Å². The third-order valence-electron chi connectivity index (χ3n) is 4.17. The molecule has 0 saturated heterocycles. The zero-order valence-electron chi connectivity index (χ0n) is 16.7. The molecule has 3 aromatic rings. The van der Waals surface area contributed by atoms with Crippen molar-refractivity contribution in [2.75, 3.05) is 18.5 Å². The van der Waals surface area contributed by atoms with Crippen molar-refractivity contribution >= 4 is 28.1 Å². The lowest BCUT2D eigenvalue weighted by atomic mass is 10.2. The Kier molecular flexibility index (Phi) is 7.58. The molecule has 1 N–H and O–H groups in total. The van der Waals surface area contributed by atoms with Crippen molar-refractivity contribution in [1.29, 1.82) is 0 Å². The number of esters is 1. The van der Waals surface area contributed by atoms with Crippen molar-refractivity contribution in [2.24, 2.45) is 0 Å². The fraction of sp³-hybridized carbons (Fsp3) is 0.318. The smallest absolute Gasteiger partial charge is 0.339 e. The molecule has 0 atom stereocenters. The molecule has 0 spiro atoms. The summed E-state index contributed by atoms with van der Waals surface area (Å²) in [5.41, 5.74) is 2.88. The maximum absolute atomic E-state index is 11.9. The van der Waals surface area contributed by atoms with E-state index in [0.717, 1.165) is 40.9 Å². The predicted octanol–water partition coefficient (Wildman–Crippen LogP) is 5.69. The van der Waals surface area contributed by atoms with E-state index in [2.05, 4.69) is 22.2 Å². The molecular formula is C22H25N3O3S. The lowest BCUT2D eigenvalue weighted by molar-refractivity contribution is 0.0526. The maximum Gasteiger partial charge on any atom is 0.339 e. The Morgan fingerprint density at radius 3 is 2.72 bits per heavy atom. The second kappa shape index (κ2) is 10.6. The van der Waals surface area contributed by atoms with Crippen molar-refractivity contribution < 1.29 is 14.3 Å². The third kappa shape index (κ3) is 6.02. The van der Waals surface area contributed by atoms with Crippen LogP contribution in [0.3, 0.4) is 0 Å². The number of thiazole rings is 1. The van der Waals surface area contributed by atoms with Gasteiger partial charge in [-0.05, 0) is 43.7 Å². The molecule has 2 heterocycles. The minimum absolute atomic E-state index is 0.330. The molecule has 3 rings (SSSR count). The van der Waals surface area contributed by atoms with Gasteiger partial charge < -0.3 is 14.8 Å². The van der Waals surface area contributed by atoms with Crippen LogP contribution in [0.15, 0.2) is 48.1 Å². The first-order valence-electron chi connectivity index (χ1n) is 9.77. The summed E-state index contributed by atoms with van der Waals surface area (Å²) in [6.45, 7) is 5.03. The van der Waals surface area contributed by atoms with E-state index < -0.39 is 0 Å². The van der Waals surface area contributed by atoms with Gasteiger partial charge in [-0.2, -0.15) is 0 Å². The number of nitrogens with zero attached hydrogens (tertiary/aromatic N) is 2. The molecule has 0 radical (unpaired) electrons. The van der Waals surface area contributed by atoms with Crippen molar-refractivity contribution in [3.8, 4) is 17.0 Å². The molecule has 0 aliphatic rings. The third-order valence-corrected chi connectivity index (χ3v) is 4.93. The molecule has 6 nitrogen and oxygen atoms in total. The first kappa shape index (κ1) is 20.8. The molecule has 0 unspecified atom stereocenters. The summed E-state index contributed by atoms with van der Waals surface area (Å²) in [5, 5.41) is 5.99. The van der Waals surface area contributed by atoms with Gasteiger partial charge in [0, 0.05) is 29.0 Å². The van der Waals surface area contributed by atoms with Crippen LogP contribution in [0.5, 0.6) is 5.75 Å². The molecule has 0 fully saturated rings. The van der Waals surface area contributed by atoms with Crippen molar-refractivity contribution in [3.63, 3.8) is 0 Å². The van der Waals surface area contributed by atoms with Crippen molar-refractivity contribution in [1.82, 2.24) is 9.97 Å². The summed E-state index contributed by atoms with van der Waals surface area (Å²) >= 11 is 1.49. The van der Waals surface area contributed by atoms with E-state index in [1.54, 1.807) is 19.2 Å². The fourth-order valence-corrected chi connectivity index (χ4v) is 3.41. The second-order valence-electron chi connectivity index (χ2n) is 6.43. The zero-order valence-corrected chi connectivity index (χ0v) is 17.5. The number of unbranched alkanes of at least 4 members (excludes halogenated alkanes) is 2. The van der Waals surface area contributed by atoms with E-state index in [1.807, 2.05) is 29.6 Å². The molecule has 0 aliphatic carbocycles. The standard InChI is InChI=1S/C22H25N3O3S/c1-3-5-6-11-28-19-9-7-18(8-10-19)24-22-25-20(15-29-22)16-12-17(14-23-13-16)21(26)27-4-2/h7-10,12-15H,3-6,11H2,1-2H3,(H,24,25). The SMILES string of the molecule is CCCCCOc1ccc(Nc2nc(-c3cncc(C(=O)OCC)c3)cs2)cc1. The largest absolute Gasteiger partial charge is 0.494 e. The van der Waals surface area contributed by atoms with Gasteiger partial charge in [-0.1, -0.05) is 19.8 Å². The quantitative estimate of drug-likeness (QED) is 0.341. The van der Waals surface area contributed by atoms with Crippen molar-refractivity contribution in [2.45, 2.75) is 33.1 Å². The number of carbonyl (C=O) groups is 1. The van der Waals surface area contributed by atoms with Gasteiger partial charge in [0.05, 0.1) is 24.5 Å². The Morgan fingerprint density at radius 2 is 1.97 bits per heavy atom. The van der Waals surface area contributed by atoms with Gasteiger partial charge in [0.2, 0.25) is 0 Å². The number of hydrogen-bond acceptors (Lipinski definition) is 7. The van der Waals surface area contributed by atoms with E-state index in [9.17, 15) is 4.79 Å². The topological polar surface area (TPSA) is 73.3 Å². The fourth-order valence-electron chi connectivity index (χ4n) is 2.67. The van der Waals surface area contributed by atoms with Crippen LogP contribution in [0.25, 0.3) is 11.3 Å². The lowest BCUT2D eigenvalue weighted by Crippen LogP contribution is -2.05. The summed E-state index contributed by atoms with van der Waals surface area (Å²) in [5.74, 6) is 0.487. The summed E-state index contributed by atoms with van der Waals surface area (Å²) in [7, 11) is 0. The van der Waals surface area contributed by atoms with E-state index in [4.69, 9.17) is 9.47 Å². The maximum atomic E-state index is 11.9. The summed E-state index contributed by atoms with van der Waals surface area (Å²) < 4.78 is 10.8. The van der Waals surface area contributed by atoms with Crippen LogP contribution in [0.1, 0.15) is 43.5 Å². The molecule has 7 heteroatoms. The van der Waals surface area contributed by atoms with Gasteiger partial charge in [-0.25, -0.2) is 9.78 Å². The number of ether oxygens (including phenoxy) is 2. The highest BCUT2D eigenvalue weighted by Crippen LogP contribution is 2.28. The Bertz CT molecular complexity index is 925. The predicted molar refractivity (Wildman–Crippen MR) is 116 cm³/mol. The van der Waals surface area contributed by atoms with E-state index in [0.29, 0.717) is 12.2 Å². The van der Waals surface area contributed by atoms with Gasteiger partial charge in [0.15, 0.2) is 5.13 Å². The summed E-state index contributed by atoms with van der Waals surface area (Å²) in [6, 6.07) is 9.60. The molecule has 29 heavy (non-hydrogen) atoms. The molecule has 0 bridgehead atoms. The van der Waals surface area contributed by atoms with E-state index in [-0.39, 0.29) is 5.97 Å².